The SMILES string of the molecule is O=C(c1ccc(Br)c(C(F)(F)F)c1)N(CCO)CCO. The fraction of sp³-hybridized carbons (Fsp3) is 0.417. The van der Waals surface area contributed by atoms with E-state index in [1.807, 2.05) is 0 Å². The highest BCUT2D eigenvalue weighted by Gasteiger charge is 2.34. The van der Waals surface area contributed by atoms with Gasteiger partial charge in [-0.1, -0.05) is 15.9 Å². The van der Waals surface area contributed by atoms with Crippen LogP contribution in [0.5, 0.6) is 0 Å². The molecule has 0 aromatic heterocycles. The zero-order valence-corrected chi connectivity index (χ0v) is 11.9. The molecule has 0 aliphatic heterocycles. The number of alkyl halides is 3. The van der Waals surface area contributed by atoms with Crippen LogP contribution in [0.25, 0.3) is 0 Å². The van der Waals surface area contributed by atoms with E-state index in [1.165, 1.54) is 6.07 Å². The van der Waals surface area contributed by atoms with E-state index in [2.05, 4.69) is 15.9 Å². The van der Waals surface area contributed by atoms with Crippen molar-refractivity contribution in [3.8, 4) is 0 Å². The van der Waals surface area contributed by atoms with E-state index in [1.54, 1.807) is 0 Å². The van der Waals surface area contributed by atoms with Crippen molar-refractivity contribution in [2.75, 3.05) is 26.3 Å². The summed E-state index contributed by atoms with van der Waals surface area (Å²) in [4.78, 5) is 13.1. The summed E-state index contributed by atoms with van der Waals surface area (Å²) in [5.41, 5.74) is -1.10. The molecule has 0 saturated carbocycles. The minimum atomic E-state index is -4.58. The van der Waals surface area contributed by atoms with Crippen LogP contribution in [0.3, 0.4) is 0 Å². The van der Waals surface area contributed by atoms with Crippen LogP contribution in [0.4, 0.5) is 13.2 Å². The molecule has 0 saturated heterocycles. The first-order valence-electron chi connectivity index (χ1n) is 5.69. The third kappa shape index (κ3) is 4.19. The average molecular weight is 356 g/mol. The van der Waals surface area contributed by atoms with Gasteiger partial charge in [0.1, 0.15) is 0 Å². The lowest BCUT2D eigenvalue weighted by Crippen LogP contribution is -2.36. The standard InChI is InChI=1S/C12H13BrF3NO3/c13-10-2-1-8(7-9(10)12(14,15)16)11(20)17(3-5-18)4-6-19/h1-2,7,18-19H,3-6H2. The number of carbonyl (C=O) groups is 1. The molecule has 0 heterocycles. The normalized spacial score (nSPS) is 11.5. The highest BCUT2D eigenvalue weighted by atomic mass is 79.9. The van der Waals surface area contributed by atoms with Crippen molar-refractivity contribution in [2.24, 2.45) is 0 Å². The molecule has 1 aromatic rings. The van der Waals surface area contributed by atoms with Crippen molar-refractivity contribution in [3.05, 3.63) is 33.8 Å². The Balaban J connectivity index is 3.10. The van der Waals surface area contributed by atoms with Gasteiger partial charge >= 0.3 is 6.18 Å². The van der Waals surface area contributed by atoms with Crippen molar-refractivity contribution >= 4 is 21.8 Å². The number of aliphatic hydroxyl groups excluding tert-OH is 2. The van der Waals surface area contributed by atoms with Crippen LogP contribution in [0.1, 0.15) is 15.9 Å². The maximum absolute atomic E-state index is 12.8. The summed E-state index contributed by atoms with van der Waals surface area (Å²) in [5.74, 6) is -0.675. The van der Waals surface area contributed by atoms with Crippen molar-refractivity contribution in [3.63, 3.8) is 0 Å². The van der Waals surface area contributed by atoms with E-state index in [9.17, 15) is 18.0 Å². The van der Waals surface area contributed by atoms with Crippen molar-refractivity contribution in [1.82, 2.24) is 4.90 Å². The number of nitrogens with zero attached hydrogens (tertiary/aromatic N) is 1. The molecule has 0 bridgehead atoms. The molecule has 1 amide bonds. The number of amides is 1. The second kappa shape index (κ2) is 7.05. The van der Waals surface area contributed by atoms with E-state index in [4.69, 9.17) is 10.2 Å². The zero-order valence-electron chi connectivity index (χ0n) is 10.3. The Bertz CT molecular complexity index is 474. The summed E-state index contributed by atoms with van der Waals surface area (Å²) >= 11 is 2.79. The van der Waals surface area contributed by atoms with Gasteiger partial charge in [-0.15, -0.1) is 0 Å². The molecule has 0 fully saturated rings. The van der Waals surface area contributed by atoms with E-state index in [0.717, 1.165) is 17.0 Å². The molecule has 0 atom stereocenters. The van der Waals surface area contributed by atoms with Gasteiger partial charge in [-0.2, -0.15) is 13.2 Å². The summed E-state index contributed by atoms with van der Waals surface area (Å²) in [6.07, 6.45) is -4.58. The Morgan fingerprint density at radius 1 is 1.20 bits per heavy atom. The third-order valence-electron chi connectivity index (χ3n) is 2.55. The van der Waals surface area contributed by atoms with Gasteiger partial charge in [-0.3, -0.25) is 4.79 Å². The summed E-state index contributed by atoms with van der Waals surface area (Å²) in [6, 6.07) is 3.14. The maximum Gasteiger partial charge on any atom is 0.417 e. The number of hydrogen-bond donors (Lipinski definition) is 2. The summed E-state index contributed by atoms with van der Waals surface area (Å²) < 4.78 is 38.1. The first kappa shape index (κ1) is 16.9. The Hall–Kier alpha value is -1.12. The summed E-state index contributed by atoms with van der Waals surface area (Å²) in [5, 5.41) is 17.6. The lowest BCUT2D eigenvalue weighted by molar-refractivity contribution is -0.138. The summed E-state index contributed by atoms with van der Waals surface area (Å²) in [6.45, 7) is -0.795. The summed E-state index contributed by atoms with van der Waals surface area (Å²) in [7, 11) is 0. The number of carbonyl (C=O) groups excluding carboxylic acids is 1. The molecule has 20 heavy (non-hydrogen) atoms. The molecule has 8 heteroatoms. The Morgan fingerprint density at radius 2 is 1.75 bits per heavy atom. The van der Waals surface area contributed by atoms with Gasteiger partial charge < -0.3 is 15.1 Å². The number of benzene rings is 1. The Kier molecular flexibility index (Phi) is 5.97. The van der Waals surface area contributed by atoms with E-state index < -0.39 is 17.6 Å². The van der Waals surface area contributed by atoms with Crippen LogP contribution in [0, 0.1) is 0 Å². The molecule has 0 radical (unpaired) electrons. The maximum atomic E-state index is 12.8. The molecular formula is C12H13BrF3NO3. The van der Waals surface area contributed by atoms with Crippen LogP contribution in [0.15, 0.2) is 22.7 Å². The molecule has 2 N–H and O–H groups in total. The van der Waals surface area contributed by atoms with E-state index >= 15 is 0 Å². The average Bonchev–Trinajstić information content (AvgIpc) is 2.37. The molecule has 112 valence electrons. The smallest absolute Gasteiger partial charge is 0.395 e. The van der Waals surface area contributed by atoms with Gasteiger partial charge in [0.2, 0.25) is 0 Å². The minimum absolute atomic E-state index is 0.0587. The Morgan fingerprint density at radius 3 is 2.20 bits per heavy atom. The highest BCUT2D eigenvalue weighted by molar-refractivity contribution is 9.10. The predicted octanol–water partition coefficient (Wildman–Crippen LogP) is 1.89. The van der Waals surface area contributed by atoms with Gasteiger partial charge in [-0.05, 0) is 18.2 Å². The first-order valence-corrected chi connectivity index (χ1v) is 6.48. The highest BCUT2D eigenvalue weighted by Crippen LogP contribution is 2.35. The van der Waals surface area contributed by atoms with Gasteiger partial charge in [0, 0.05) is 23.1 Å². The molecule has 0 unspecified atom stereocenters. The number of hydrogen-bond acceptors (Lipinski definition) is 3. The van der Waals surface area contributed by atoms with E-state index in [-0.39, 0.29) is 36.3 Å². The quantitative estimate of drug-likeness (QED) is 0.847. The number of aliphatic hydroxyl groups is 2. The number of halogens is 4. The minimum Gasteiger partial charge on any atom is -0.395 e. The largest absolute Gasteiger partial charge is 0.417 e. The van der Waals surface area contributed by atoms with Gasteiger partial charge in [0.05, 0.1) is 18.8 Å². The fourth-order valence-electron chi connectivity index (χ4n) is 1.61. The molecule has 1 rings (SSSR count). The monoisotopic (exact) mass is 355 g/mol. The molecule has 0 aliphatic carbocycles. The second-order valence-electron chi connectivity index (χ2n) is 3.93. The molecule has 0 spiro atoms. The second-order valence-corrected chi connectivity index (χ2v) is 4.79. The zero-order chi connectivity index (χ0) is 15.3. The lowest BCUT2D eigenvalue weighted by atomic mass is 10.1. The Labute approximate surface area is 121 Å². The van der Waals surface area contributed by atoms with Crippen LogP contribution in [-0.2, 0) is 6.18 Å². The van der Waals surface area contributed by atoms with Crippen molar-refractivity contribution < 1.29 is 28.2 Å². The molecule has 0 aliphatic rings. The van der Waals surface area contributed by atoms with E-state index in [0.29, 0.717) is 0 Å². The van der Waals surface area contributed by atoms with Gasteiger partial charge in [0.25, 0.3) is 5.91 Å². The predicted molar refractivity (Wildman–Crippen MR) is 69.2 cm³/mol. The molecule has 4 nitrogen and oxygen atoms in total. The van der Waals surface area contributed by atoms with Crippen molar-refractivity contribution in [1.29, 1.82) is 0 Å². The van der Waals surface area contributed by atoms with Crippen molar-refractivity contribution in [2.45, 2.75) is 6.18 Å². The van der Waals surface area contributed by atoms with Crippen LogP contribution < -0.4 is 0 Å². The van der Waals surface area contributed by atoms with Crippen LogP contribution >= 0.6 is 15.9 Å². The van der Waals surface area contributed by atoms with Crippen LogP contribution in [0.2, 0.25) is 0 Å². The molecule has 1 aromatic carbocycles. The van der Waals surface area contributed by atoms with Crippen LogP contribution in [-0.4, -0.2) is 47.3 Å². The third-order valence-corrected chi connectivity index (χ3v) is 3.24. The fourth-order valence-corrected chi connectivity index (χ4v) is 2.09. The molecular weight excluding hydrogens is 343 g/mol. The first-order chi connectivity index (χ1) is 9.31. The van der Waals surface area contributed by atoms with Gasteiger partial charge in [-0.25, -0.2) is 0 Å². The lowest BCUT2D eigenvalue weighted by Gasteiger charge is -2.21. The topological polar surface area (TPSA) is 60.8 Å². The van der Waals surface area contributed by atoms with Gasteiger partial charge in [0.15, 0.2) is 0 Å². The number of rotatable bonds is 5.